The van der Waals surface area contributed by atoms with Gasteiger partial charge in [0.05, 0.1) is 10.0 Å². The van der Waals surface area contributed by atoms with Gasteiger partial charge in [-0.05, 0) is 68.0 Å². The van der Waals surface area contributed by atoms with Crippen LogP contribution in [0.15, 0.2) is 36.4 Å². The number of ether oxygens (including phenoxy) is 1. The summed E-state index contributed by atoms with van der Waals surface area (Å²) in [5.74, 6) is 0.301. The maximum atomic E-state index is 13.4. The van der Waals surface area contributed by atoms with Crippen LogP contribution in [0.5, 0.6) is 5.75 Å². The number of halogens is 2. The average Bonchev–Trinajstić information content (AvgIpc) is 2.82. The third kappa shape index (κ3) is 7.13. The van der Waals surface area contributed by atoms with E-state index in [-0.39, 0.29) is 31.0 Å². The highest BCUT2D eigenvalue weighted by atomic mass is 35.5. The Morgan fingerprint density at radius 3 is 2.47 bits per heavy atom. The topological polar surface area (TPSA) is 58.6 Å². The van der Waals surface area contributed by atoms with Gasteiger partial charge in [0, 0.05) is 12.6 Å². The SMILES string of the molecule is CC[C@H](C(=O)NC1CCCCC1)N(Cc1ccc(Cl)c(Cl)c1)C(=O)COc1cc(C)ccc1C. The van der Waals surface area contributed by atoms with Crippen LogP contribution in [-0.2, 0) is 16.1 Å². The number of hydrogen-bond acceptors (Lipinski definition) is 3. The summed E-state index contributed by atoms with van der Waals surface area (Å²) in [6.07, 6.45) is 5.92. The molecule has 1 fully saturated rings. The van der Waals surface area contributed by atoms with Gasteiger partial charge in [0.1, 0.15) is 11.8 Å². The van der Waals surface area contributed by atoms with Crippen LogP contribution in [0.3, 0.4) is 0 Å². The van der Waals surface area contributed by atoms with Crippen molar-refractivity contribution >= 4 is 35.0 Å². The van der Waals surface area contributed by atoms with Crippen LogP contribution >= 0.6 is 23.2 Å². The molecule has 1 aliphatic rings. The molecule has 0 heterocycles. The lowest BCUT2D eigenvalue weighted by Gasteiger charge is -2.32. The fourth-order valence-corrected chi connectivity index (χ4v) is 4.70. The van der Waals surface area contributed by atoms with Crippen molar-refractivity contribution in [3.63, 3.8) is 0 Å². The van der Waals surface area contributed by atoms with Gasteiger partial charge >= 0.3 is 0 Å². The highest BCUT2D eigenvalue weighted by molar-refractivity contribution is 6.42. The Labute approximate surface area is 212 Å². The van der Waals surface area contributed by atoms with Crippen LogP contribution in [0, 0.1) is 13.8 Å². The van der Waals surface area contributed by atoms with Crippen LogP contribution in [0.2, 0.25) is 10.0 Å². The van der Waals surface area contributed by atoms with Gasteiger partial charge in [-0.15, -0.1) is 0 Å². The normalized spacial score (nSPS) is 15.0. The predicted molar refractivity (Wildman–Crippen MR) is 138 cm³/mol. The van der Waals surface area contributed by atoms with Crippen LogP contribution in [0.4, 0.5) is 0 Å². The lowest BCUT2D eigenvalue weighted by molar-refractivity contribution is -0.143. The standard InChI is InChI=1S/C27H34Cl2N2O3/c1-4-24(27(33)30-21-8-6-5-7-9-21)31(16-20-12-13-22(28)23(29)15-20)26(32)17-34-25-14-18(2)10-11-19(25)3/h10-15,21,24H,4-9,16-17H2,1-3H3,(H,30,33)/t24-/m1/s1. The molecule has 3 rings (SSSR count). The van der Waals surface area contributed by atoms with Crippen molar-refractivity contribution in [1.82, 2.24) is 10.2 Å². The lowest BCUT2D eigenvalue weighted by atomic mass is 9.95. The fourth-order valence-electron chi connectivity index (χ4n) is 4.38. The van der Waals surface area contributed by atoms with Crippen molar-refractivity contribution in [2.24, 2.45) is 0 Å². The van der Waals surface area contributed by atoms with Gasteiger partial charge in [-0.25, -0.2) is 0 Å². The number of hydrogen-bond donors (Lipinski definition) is 1. The van der Waals surface area contributed by atoms with E-state index in [0.717, 1.165) is 42.4 Å². The minimum Gasteiger partial charge on any atom is -0.483 e. The molecular weight excluding hydrogens is 471 g/mol. The number of carbonyl (C=O) groups excluding carboxylic acids is 2. The molecule has 2 aromatic rings. The first kappa shape index (κ1) is 26.4. The Morgan fingerprint density at radius 2 is 1.79 bits per heavy atom. The number of amides is 2. The van der Waals surface area contributed by atoms with Crippen molar-refractivity contribution in [2.75, 3.05) is 6.61 Å². The first-order valence-electron chi connectivity index (χ1n) is 12.0. The molecule has 34 heavy (non-hydrogen) atoms. The molecule has 2 amide bonds. The van der Waals surface area contributed by atoms with Gasteiger partial charge in [0.15, 0.2) is 6.61 Å². The minimum atomic E-state index is -0.605. The minimum absolute atomic E-state index is 0.116. The Kier molecular flexibility index (Phi) is 9.66. The highest BCUT2D eigenvalue weighted by Crippen LogP contribution is 2.25. The fraction of sp³-hybridized carbons (Fsp3) is 0.481. The third-order valence-corrected chi connectivity index (χ3v) is 7.11. The molecule has 0 bridgehead atoms. The molecule has 7 heteroatoms. The zero-order chi connectivity index (χ0) is 24.7. The largest absolute Gasteiger partial charge is 0.483 e. The Balaban J connectivity index is 1.80. The molecule has 0 saturated heterocycles. The number of benzene rings is 2. The van der Waals surface area contributed by atoms with E-state index in [4.69, 9.17) is 27.9 Å². The highest BCUT2D eigenvalue weighted by Gasteiger charge is 2.30. The molecule has 0 radical (unpaired) electrons. The molecule has 0 spiro atoms. The van der Waals surface area contributed by atoms with E-state index in [0.29, 0.717) is 22.2 Å². The summed E-state index contributed by atoms with van der Waals surface area (Å²) in [5.41, 5.74) is 2.81. The summed E-state index contributed by atoms with van der Waals surface area (Å²) in [4.78, 5) is 28.3. The lowest BCUT2D eigenvalue weighted by Crippen LogP contribution is -2.52. The molecule has 0 unspecified atom stereocenters. The van der Waals surface area contributed by atoms with Gasteiger partial charge in [0.2, 0.25) is 5.91 Å². The molecule has 1 atom stereocenters. The molecular formula is C27H34Cl2N2O3. The summed E-state index contributed by atoms with van der Waals surface area (Å²) in [5, 5.41) is 4.04. The van der Waals surface area contributed by atoms with Crippen molar-refractivity contribution < 1.29 is 14.3 Å². The van der Waals surface area contributed by atoms with Crippen molar-refractivity contribution in [1.29, 1.82) is 0 Å². The Morgan fingerprint density at radius 1 is 1.06 bits per heavy atom. The molecule has 1 saturated carbocycles. The summed E-state index contributed by atoms with van der Waals surface area (Å²) in [6.45, 7) is 5.93. The summed E-state index contributed by atoms with van der Waals surface area (Å²) in [6, 6.07) is 10.7. The number of nitrogens with zero attached hydrogens (tertiary/aromatic N) is 1. The monoisotopic (exact) mass is 504 g/mol. The summed E-state index contributed by atoms with van der Waals surface area (Å²) in [7, 11) is 0. The second-order valence-electron chi connectivity index (χ2n) is 9.10. The van der Waals surface area contributed by atoms with E-state index in [9.17, 15) is 9.59 Å². The van der Waals surface area contributed by atoms with Crippen molar-refractivity contribution in [3.8, 4) is 5.75 Å². The van der Waals surface area contributed by atoms with Gasteiger partial charge in [-0.1, -0.05) is 67.6 Å². The number of nitrogens with one attached hydrogen (secondary N) is 1. The van der Waals surface area contributed by atoms with Crippen LogP contribution < -0.4 is 10.1 Å². The number of carbonyl (C=O) groups is 2. The zero-order valence-electron chi connectivity index (χ0n) is 20.2. The van der Waals surface area contributed by atoms with Crippen molar-refractivity contribution in [2.45, 2.75) is 77.9 Å². The van der Waals surface area contributed by atoms with Gasteiger partial charge in [-0.2, -0.15) is 0 Å². The molecule has 2 aromatic carbocycles. The maximum Gasteiger partial charge on any atom is 0.261 e. The quantitative estimate of drug-likeness (QED) is 0.439. The van der Waals surface area contributed by atoms with E-state index < -0.39 is 6.04 Å². The maximum absolute atomic E-state index is 13.4. The van der Waals surface area contributed by atoms with E-state index >= 15 is 0 Å². The first-order chi connectivity index (χ1) is 16.3. The van der Waals surface area contributed by atoms with Gasteiger partial charge in [0.25, 0.3) is 5.91 Å². The Bertz CT molecular complexity index is 1010. The van der Waals surface area contributed by atoms with E-state index in [1.165, 1.54) is 6.42 Å². The van der Waals surface area contributed by atoms with E-state index in [1.54, 1.807) is 17.0 Å². The second kappa shape index (κ2) is 12.5. The molecule has 1 aliphatic carbocycles. The molecule has 0 aromatic heterocycles. The molecule has 184 valence electrons. The number of rotatable bonds is 9. The van der Waals surface area contributed by atoms with E-state index in [2.05, 4.69) is 5.32 Å². The summed E-state index contributed by atoms with van der Waals surface area (Å²) >= 11 is 12.3. The smallest absolute Gasteiger partial charge is 0.261 e. The third-order valence-electron chi connectivity index (χ3n) is 6.37. The first-order valence-corrected chi connectivity index (χ1v) is 12.8. The van der Waals surface area contributed by atoms with Gasteiger partial charge < -0.3 is 15.0 Å². The zero-order valence-corrected chi connectivity index (χ0v) is 21.7. The van der Waals surface area contributed by atoms with Crippen LogP contribution in [0.25, 0.3) is 0 Å². The molecule has 5 nitrogen and oxygen atoms in total. The molecule has 0 aliphatic heterocycles. The van der Waals surface area contributed by atoms with Crippen LogP contribution in [0.1, 0.15) is 62.1 Å². The van der Waals surface area contributed by atoms with E-state index in [1.807, 2.05) is 45.0 Å². The molecule has 1 N–H and O–H groups in total. The van der Waals surface area contributed by atoms with Gasteiger partial charge in [-0.3, -0.25) is 9.59 Å². The van der Waals surface area contributed by atoms with Crippen LogP contribution in [-0.4, -0.2) is 35.4 Å². The van der Waals surface area contributed by atoms with Crippen molar-refractivity contribution in [3.05, 3.63) is 63.1 Å². The average molecular weight is 505 g/mol. The number of aryl methyl sites for hydroxylation is 2. The predicted octanol–water partition coefficient (Wildman–Crippen LogP) is 6.25. The Hall–Kier alpha value is -2.24. The summed E-state index contributed by atoms with van der Waals surface area (Å²) < 4.78 is 5.90. The second-order valence-corrected chi connectivity index (χ2v) is 9.91.